The minimum atomic E-state index is 0.605. The normalized spacial score (nSPS) is 15.9. The van der Waals surface area contributed by atoms with Gasteiger partial charge in [-0.25, -0.2) is 0 Å². The maximum Gasteiger partial charge on any atom is 0.252 e. The Balaban J connectivity index is 2.50. The zero-order chi connectivity index (χ0) is 5.82. The van der Waals surface area contributed by atoms with Crippen molar-refractivity contribution in [1.82, 2.24) is 3.53 Å². The summed E-state index contributed by atoms with van der Waals surface area (Å²) in [5, 5.41) is 0. The van der Waals surface area contributed by atoms with Gasteiger partial charge in [0.1, 0.15) is 6.26 Å². The van der Waals surface area contributed by atoms with E-state index in [1.54, 1.807) is 12.2 Å². The van der Waals surface area contributed by atoms with Crippen LogP contribution >= 0.6 is 22.9 Å². The van der Waals surface area contributed by atoms with Crippen LogP contribution in [-0.2, 0) is 9.78 Å². The van der Waals surface area contributed by atoms with Crippen molar-refractivity contribution in [3.05, 3.63) is 24.3 Å². The zero-order valence-corrected chi connectivity index (χ0v) is 6.08. The molecule has 0 spiro atoms. The van der Waals surface area contributed by atoms with Crippen LogP contribution in [0.4, 0.5) is 0 Å². The molecule has 0 bridgehead atoms. The molecule has 0 aromatic heterocycles. The lowest BCUT2D eigenvalue weighted by molar-refractivity contribution is -0.216. The smallest absolute Gasteiger partial charge is 0.252 e. The second kappa shape index (κ2) is 2.81. The van der Waals surface area contributed by atoms with E-state index in [9.17, 15) is 0 Å². The highest BCUT2D eigenvalue weighted by Crippen LogP contribution is 2.01. The summed E-state index contributed by atoms with van der Waals surface area (Å²) < 4.78 is 2.74. The fraction of sp³-hybridized carbons (Fsp3) is 0. The van der Waals surface area contributed by atoms with Crippen LogP contribution in [0, 0.1) is 0 Å². The van der Waals surface area contributed by atoms with Gasteiger partial charge < -0.3 is 0 Å². The summed E-state index contributed by atoms with van der Waals surface area (Å²) in [5.74, 6) is 0.605. The highest BCUT2D eigenvalue weighted by molar-refractivity contribution is 14.1. The molecule has 3 nitrogen and oxygen atoms in total. The Morgan fingerprint density at radius 3 is 2.88 bits per heavy atom. The van der Waals surface area contributed by atoms with E-state index in [0.29, 0.717) is 5.88 Å². The van der Waals surface area contributed by atoms with E-state index in [0.717, 1.165) is 0 Å². The Morgan fingerprint density at radius 1 is 1.62 bits per heavy atom. The molecule has 1 heterocycles. The van der Waals surface area contributed by atoms with E-state index >= 15 is 0 Å². The van der Waals surface area contributed by atoms with Crippen molar-refractivity contribution in [3.63, 3.8) is 0 Å². The SMILES string of the molecule is INC1=CC=COO1. The average molecular weight is 225 g/mol. The monoisotopic (exact) mass is 225 g/mol. The summed E-state index contributed by atoms with van der Waals surface area (Å²) in [7, 11) is 0. The number of allylic oxidation sites excluding steroid dienone is 2. The van der Waals surface area contributed by atoms with Crippen LogP contribution in [0.3, 0.4) is 0 Å². The van der Waals surface area contributed by atoms with Crippen molar-refractivity contribution in [2.24, 2.45) is 0 Å². The molecule has 0 fully saturated rings. The van der Waals surface area contributed by atoms with Crippen molar-refractivity contribution in [2.45, 2.75) is 0 Å². The average Bonchev–Trinajstić information content (AvgIpc) is 1.90. The van der Waals surface area contributed by atoms with Crippen molar-refractivity contribution < 1.29 is 9.78 Å². The molecular weight excluding hydrogens is 221 g/mol. The van der Waals surface area contributed by atoms with Gasteiger partial charge in [-0.05, 0) is 6.08 Å². The Bertz CT molecular complexity index is 132. The van der Waals surface area contributed by atoms with E-state index in [2.05, 4.69) is 13.3 Å². The molecule has 44 valence electrons. The molecular formula is C4H4INO2. The molecule has 0 saturated carbocycles. The van der Waals surface area contributed by atoms with Crippen LogP contribution in [0.5, 0.6) is 0 Å². The van der Waals surface area contributed by atoms with Gasteiger partial charge in [0.2, 0.25) is 0 Å². The summed E-state index contributed by atoms with van der Waals surface area (Å²) in [6.45, 7) is 0. The number of hydrogen-bond acceptors (Lipinski definition) is 3. The maximum atomic E-state index is 4.58. The van der Waals surface area contributed by atoms with Gasteiger partial charge in [0.15, 0.2) is 0 Å². The molecule has 1 aliphatic rings. The molecule has 0 atom stereocenters. The Kier molecular flexibility index (Phi) is 2.01. The predicted octanol–water partition coefficient (Wildman–Crippen LogP) is 1.24. The largest absolute Gasteiger partial charge is 0.296 e. The van der Waals surface area contributed by atoms with Gasteiger partial charge in [0, 0.05) is 6.08 Å². The standard InChI is InChI=1S/C4H4INO2/c5-6-4-2-1-3-7-8-4/h1-3,6H. The maximum absolute atomic E-state index is 4.58. The van der Waals surface area contributed by atoms with Crippen LogP contribution in [0.15, 0.2) is 24.3 Å². The summed E-state index contributed by atoms with van der Waals surface area (Å²) in [6.07, 6.45) is 4.96. The van der Waals surface area contributed by atoms with Gasteiger partial charge in [-0.1, -0.05) is 0 Å². The van der Waals surface area contributed by atoms with Gasteiger partial charge in [-0.15, -0.1) is 0 Å². The fourth-order valence-corrected chi connectivity index (χ4v) is 0.583. The first kappa shape index (κ1) is 5.74. The lowest BCUT2D eigenvalue weighted by Gasteiger charge is -2.05. The Morgan fingerprint density at radius 2 is 2.50 bits per heavy atom. The molecule has 0 saturated heterocycles. The van der Waals surface area contributed by atoms with Crippen LogP contribution < -0.4 is 3.53 Å². The van der Waals surface area contributed by atoms with E-state index in [1.165, 1.54) is 6.26 Å². The minimum Gasteiger partial charge on any atom is -0.296 e. The molecule has 1 N–H and O–H groups in total. The minimum absolute atomic E-state index is 0.605. The molecule has 1 aliphatic heterocycles. The first-order valence-electron chi connectivity index (χ1n) is 2.00. The van der Waals surface area contributed by atoms with Gasteiger partial charge in [0.05, 0.1) is 22.9 Å². The highest BCUT2D eigenvalue weighted by Gasteiger charge is 1.95. The van der Waals surface area contributed by atoms with Crippen LogP contribution in [0.2, 0.25) is 0 Å². The third-order valence-corrected chi connectivity index (χ3v) is 1.14. The Labute approximate surface area is 60.8 Å². The topological polar surface area (TPSA) is 30.5 Å². The zero-order valence-electron chi connectivity index (χ0n) is 3.93. The molecule has 4 heteroatoms. The van der Waals surface area contributed by atoms with Crippen LogP contribution in [-0.4, -0.2) is 0 Å². The molecule has 0 unspecified atom stereocenters. The summed E-state index contributed by atoms with van der Waals surface area (Å²) in [4.78, 5) is 9.04. The van der Waals surface area contributed by atoms with Crippen LogP contribution in [0.1, 0.15) is 0 Å². The molecule has 1 rings (SSSR count). The van der Waals surface area contributed by atoms with E-state index in [1.807, 2.05) is 22.9 Å². The van der Waals surface area contributed by atoms with Crippen LogP contribution in [0.25, 0.3) is 0 Å². The predicted molar refractivity (Wildman–Crippen MR) is 36.5 cm³/mol. The molecule has 0 amide bonds. The molecule has 0 aliphatic carbocycles. The summed E-state index contributed by atoms with van der Waals surface area (Å²) >= 11 is 1.95. The van der Waals surface area contributed by atoms with Gasteiger partial charge >= 0.3 is 0 Å². The Hall–Kier alpha value is -0.390. The highest BCUT2D eigenvalue weighted by atomic mass is 127. The number of halogens is 1. The molecule has 0 radical (unpaired) electrons. The van der Waals surface area contributed by atoms with Gasteiger partial charge in [-0.2, -0.15) is 0 Å². The molecule has 8 heavy (non-hydrogen) atoms. The fourth-order valence-electron chi connectivity index (χ4n) is 0.313. The lowest BCUT2D eigenvalue weighted by Crippen LogP contribution is -2.03. The number of nitrogens with one attached hydrogen (secondary N) is 1. The second-order valence-corrected chi connectivity index (χ2v) is 1.67. The van der Waals surface area contributed by atoms with Crippen molar-refractivity contribution >= 4 is 22.9 Å². The van der Waals surface area contributed by atoms with E-state index in [-0.39, 0.29) is 0 Å². The van der Waals surface area contributed by atoms with Gasteiger partial charge in [-0.3, -0.25) is 13.3 Å². The van der Waals surface area contributed by atoms with E-state index in [4.69, 9.17) is 0 Å². The second-order valence-electron chi connectivity index (χ2n) is 1.13. The van der Waals surface area contributed by atoms with E-state index < -0.39 is 0 Å². The van der Waals surface area contributed by atoms with Crippen molar-refractivity contribution in [1.29, 1.82) is 0 Å². The first-order valence-corrected chi connectivity index (χ1v) is 3.08. The van der Waals surface area contributed by atoms with Crippen molar-refractivity contribution in [3.8, 4) is 0 Å². The van der Waals surface area contributed by atoms with Gasteiger partial charge in [0.25, 0.3) is 5.88 Å². The first-order chi connectivity index (χ1) is 3.93. The number of hydrogen-bond donors (Lipinski definition) is 1. The molecule has 0 aromatic rings. The molecule has 0 aromatic carbocycles. The third kappa shape index (κ3) is 1.29. The van der Waals surface area contributed by atoms with Crippen molar-refractivity contribution in [2.75, 3.05) is 0 Å². The summed E-state index contributed by atoms with van der Waals surface area (Å²) in [6, 6.07) is 0. The number of rotatable bonds is 1. The third-order valence-electron chi connectivity index (χ3n) is 0.613. The summed E-state index contributed by atoms with van der Waals surface area (Å²) in [5.41, 5.74) is 0. The quantitative estimate of drug-likeness (QED) is 0.413. The lowest BCUT2D eigenvalue weighted by atomic mass is 10.5.